The number of aliphatic hydroxyl groups is 1. The molecule has 2 heterocycles. The van der Waals surface area contributed by atoms with Gasteiger partial charge in [0.2, 0.25) is 10.0 Å². The number of nitrogens with zero attached hydrogens (tertiary/aromatic N) is 2. The van der Waals surface area contributed by atoms with Crippen LogP contribution < -0.4 is 0 Å². The van der Waals surface area contributed by atoms with Crippen molar-refractivity contribution in [3.8, 4) is 0 Å². The molecule has 2 aliphatic heterocycles. The second-order valence-corrected chi connectivity index (χ2v) is 7.82. The molecule has 0 spiro atoms. The first-order valence-corrected chi connectivity index (χ1v) is 8.99. The highest BCUT2D eigenvalue weighted by Crippen LogP contribution is 2.25. The van der Waals surface area contributed by atoms with Gasteiger partial charge in [0.05, 0.1) is 11.0 Å². The number of β-amino-alcohol motifs (C(OH)–C–C–N with tert-alkyl or cyclic N) is 1. The van der Waals surface area contributed by atoms with Crippen molar-refractivity contribution in [3.05, 3.63) is 30.3 Å². The fourth-order valence-electron chi connectivity index (χ4n) is 3.29. The van der Waals surface area contributed by atoms with Crippen molar-refractivity contribution in [2.24, 2.45) is 0 Å². The van der Waals surface area contributed by atoms with Gasteiger partial charge in [-0.1, -0.05) is 18.2 Å². The molecule has 1 unspecified atom stereocenters. The molecule has 0 aliphatic carbocycles. The predicted octanol–water partition coefficient (Wildman–Crippen LogP) is 0.906. The third-order valence-corrected chi connectivity index (χ3v) is 6.43. The van der Waals surface area contributed by atoms with Crippen molar-refractivity contribution in [3.63, 3.8) is 0 Å². The lowest BCUT2D eigenvalue weighted by molar-refractivity contribution is 0.132. The van der Waals surface area contributed by atoms with Gasteiger partial charge in [0, 0.05) is 32.2 Å². The summed E-state index contributed by atoms with van der Waals surface area (Å²) in [6.45, 7) is 2.79. The van der Waals surface area contributed by atoms with E-state index in [1.165, 1.54) is 0 Å². The van der Waals surface area contributed by atoms with Crippen LogP contribution in [-0.4, -0.2) is 61.1 Å². The summed E-state index contributed by atoms with van der Waals surface area (Å²) >= 11 is 0. The van der Waals surface area contributed by atoms with Crippen LogP contribution in [0.4, 0.5) is 0 Å². The smallest absolute Gasteiger partial charge is 0.243 e. The number of hydrogen-bond acceptors (Lipinski definition) is 4. The Morgan fingerprint density at radius 1 is 1.00 bits per heavy atom. The normalized spacial score (nSPS) is 26.2. The van der Waals surface area contributed by atoms with Crippen molar-refractivity contribution in [1.82, 2.24) is 9.21 Å². The Balaban J connectivity index is 1.63. The molecule has 116 valence electrons. The molecule has 21 heavy (non-hydrogen) atoms. The number of hydrogen-bond donors (Lipinski definition) is 1. The van der Waals surface area contributed by atoms with E-state index in [9.17, 15) is 13.5 Å². The molecule has 2 aliphatic rings. The van der Waals surface area contributed by atoms with E-state index in [0.29, 0.717) is 24.0 Å². The largest absolute Gasteiger partial charge is 0.392 e. The molecule has 1 aromatic rings. The van der Waals surface area contributed by atoms with Gasteiger partial charge >= 0.3 is 0 Å². The summed E-state index contributed by atoms with van der Waals surface area (Å²) in [5.74, 6) is 0. The average Bonchev–Trinajstić information content (AvgIpc) is 2.95. The summed E-state index contributed by atoms with van der Waals surface area (Å²) in [4.78, 5) is 2.68. The van der Waals surface area contributed by atoms with Crippen molar-refractivity contribution < 1.29 is 13.5 Å². The lowest BCUT2D eigenvalue weighted by Crippen LogP contribution is -2.46. The molecule has 1 N–H and O–H groups in total. The summed E-state index contributed by atoms with van der Waals surface area (Å²) in [6, 6.07) is 9.04. The van der Waals surface area contributed by atoms with Gasteiger partial charge in [-0.05, 0) is 31.4 Å². The van der Waals surface area contributed by atoms with Crippen LogP contribution in [0.1, 0.15) is 19.3 Å². The fraction of sp³-hybridized carbons (Fsp3) is 0.600. The van der Waals surface area contributed by atoms with Gasteiger partial charge < -0.3 is 5.11 Å². The number of piperidine rings is 1. The maximum Gasteiger partial charge on any atom is 0.243 e. The Kier molecular flexibility index (Phi) is 4.31. The number of rotatable bonds is 3. The van der Waals surface area contributed by atoms with Crippen LogP contribution in [0.15, 0.2) is 35.2 Å². The highest BCUT2D eigenvalue weighted by Gasteiger charge is 2.33. The summed E-state index contributed by atoms with van der Waals surface area (Å²) in [5, 5.41) is 9.61. The molecular weight excluding hydrogens is 288 g/mol. The minimum absolute atomic E-state index is 0.212. The van der Waals surface area contributed by atoms with Gasteiger partial charge in [0.25, 0.3) is 0 Å². The first kappa shape index (κ1) is 15.0. The van der Waals surface area contributed by atoms with Gasteiger partial charge in [-0.15, -0.1) is 0 Å². The second-order valence-electron chi connectivity index (χ2n) is 5.89. The highest BCUT2D eigenvalue weighted by molar-refractivity contribution is 7.89. The first-order chi connectivity index (χ1) is 10.1. The second kappa shape index (κ2) is 6.04. The van der Waals surface area contributed by atoms with Gasteiger partial charge in [-0.25, -0.2) is 8.42 Å². The molecule has 5 nitrogen and oxygen atoms in total. The van der Waals surface area contributed by atoms with Gasteiger partial charge in [-0.3, -0.25) is 4.90 Å². The zero-order valence-electron chi connectivity index (χ0n) is 12.1. The van der Waals surface area contributed by atoms with Crippen molar-refractivity contribution >= 4 is 10.0 Å². The summed E-state index contributed by atoms with van der Waals surface area (Å²) in [7, 11) is -3.35. The minimum Gasteiger partial charge on any atom is -0.392 e. The lowest BCUT2D eigenvalue weighted by atomic mass is 10.1. The topological polar surface area (TPSA) is 60.9 Å². The molecule has 0 bridgehead atoms. The Bertz CT molecular complexity index is 568. The van der Waals surface area contributed by atoms with Crippen LogP contribution in [0, 0.1) is 0 Å². The number of likely N-dealkylation sites (tertiary alicyclic amines) is 1. The van der Waals surface area contributed by atoms with Crippen LogP contribution in [0.5, 0.6) is 0 Å². The maximum absolute atomic E-state index is 12.5. The third-order valence-electron chi connectivity index (χ3n) is 4.52. The monoisotopic (exact) mass is 310 g/mol. The van der Waals surface area contributed by atoms with Crippen LogP contribution in [0.3, 0.4) is 0 Å². The summed E-state index contributed by atoms with van der Waals surface area (Å²) < 4.78 is 26.7. The molecule has 3 rings (SSSR count). The summed E-state index contributed by atoms with van der Waals surface area (Å²) in [6.07, 6.45) is 2.32. The van der Waals surface area contributed by atoms with Gasteiger partial charge in [0.15, 0.2) is 0 Å². The Morgan fingerprint density at radius 3 is 2.24 bits per heavy atom. The van der Waals surface area contributed by atoms with E-state index in [1.807, 2.05) is 6.07 Å². The molecule has 0 radical (unpaired) electrons. The Hall–Kier alpha value is -0.950. The van der Waals surface area contributed by atoms with Crippen LogP contribution in [0.2, 0.25) is 0 Å². The molecule has 2 saturated heterocycles. The van der Waals surface area contributed by atoms with Gasteiger partial charge in [-0.2, -0.15) is 4.31 Å². The van der Waals surface area contributed by atoms with E-state index in [0.717, 1.165) is 32.4 Å². The van der Waals surface area contributed by atoms with E-state index >= 15 is 0 Å². The van der Waals surface area contributed by atoms with Crippen LogP contribution in [0.25, 0.3) is 0 Å². The lowest BCUT2D eigenvalue weighted by Gasteiger charge is -2.36. The predicted molar refractivity (Wildman–Crippen MR) is 80.4 cm³/mol. The zero-order chi connectivity index (χ0) is 14.9. The van der Waals surface area contributed by atoms with Crippen molar-refractivity contribution in [2.45, 2.75) is 36.3 Å². The average molecular weight is 310 g/mol. The number of sulfonamides is 1. The first-order valence-electron chi connectivity index (χ1n) is 7.55. The molecule has 0 aromatic heterocycles. The van der Waals surface area contributed by atoms with Crippen molar-refractivity contribution in [2.75, 3.05) is 26.2 Å². The van der Waals surface area contributed by atoms with E-state index in [-0.39, 0.29) is 6.10 Å². The molecule has 6 heteroatoms. The zero-order valence-corrected chi connectivity index (χ0v) is 12.9. The van der Waals surface area contributed by atoms with E-state index in [4.69, 9.17) is 0 Å². The number of aliphatic hydroxyl groups excluding tert-OH is 1. The molecule has 1 atom stereocenters. The SMILES string of the molecule is O=S(=O)(c1ccccc1)N1CCC(N2CCC(O)C2)CC1. The van der Waals surface area contributed by atoms with E-state index in [2.05, 4.69) is 4.90 Å². The third kappa shape index (κ3) is 3.13. The van der Waals surface area contributed by atoms with Crippen LogP contribution in [-0.2, 0) is 10.0 Å². The van der Waals surface area contributed by atoms with E-state index < -0.39 is 10.0 Å². The quantitative estimate of drug-likeness (QED) is 0.901. The van der Waals surface area contributed by atoms with E-state index in [1.54, 1.807) is 28.6 Å². The fourth-order valence-corrected chi connectivity index (χ4v) is 4.78. The highest BCUT2D eigenvalue weighted by atomic mass is 32.2. The Labute approximate surface area is 126 Å². The molecule has 2 fully saturated rings. The van der Waals surface area contributed by atoms with Crippen molar-refractivity contribution in [1.29, 1.82) is 0 Å². The Morgan fingerprint density at radius 2 is 1.67 bits per heavy atom. The maximum atomic E-state index is 12.5. The number of benzene rings is 1. The minimum atomic E-state index is -3.35. The molecule has 0 amide bonds. The standard InChI is InChI=1S/C15H22N2O3S/c18-14-8-9-16(12-14)13-6-10-17(11-7-13)21(19,20)15-4-2-1-3-5-15/h1-5,13-14,18H,6-12H2. The van der Waals surface area contributed by atoms with Gasteiger partial charge in [0.1, 0.15) is 0 Å². The molecule has 1 aromatic carbocycles. The summed E-state index contributed by atoms with van der Waals surface area (Å²) in [5.41, 5.74) is 0. The molecule has 0 saturated carbocycles. The van der Waals surface area contributed by atoms with Crippen LogP contribution >= 0.6 is 0 Å². The molecular formula is C15H22N2O3S.